The molecule has 1 aromatic carbocycles. The number of carbonyl (C=O) groups excluding carboxylic acids is 2. The van der Waals surface area contributed by atoms with Gasteiger partial charge in [0.1, 0.15) is 5.82 Å². The lowest BCUT2D eigenvalue weighted by Crippen LogP contribution is -2.33. The van der Waals surface area contributed by atoms with Crippen molar-refractivity contribution in [3.05, 3.63) is 30.1 Å². The van der Waals surface area contributed by atoms with Gasteiger partial charge in [0.2, 0.25) is 5.91 Å². The maximum atomic E-state index is 13.3. The number of carbonyl (C=O) groups is 2. The fourth-order valence-electron chi connectivity index (χ4n) is 1.89. The van der Waals surface area contributed by atoms with E-state index in [0.29, 0.717) is 18.7 Å². The zero-order chi connectivity index (χ0) is 14.5. The van der Waals surface area contributed by atoms with E-state index < -0.39 is 11.8 Å². The number of para-hydroxylation sites is 1. The van der Waals surface area contributed by atoms with Crippen LogP contribution in [0.5, 0.6) is 0 Å². The number of anilines is 1. The Hall–Kier alpha value is -2.44. The quantitative estimate of drug-likeness (QED) is 0.779. The van der Waals surface area contributed by atoms with Gasteiger partial charge in [-0.15, -0.1) is 0 Å². The number of urea groups is 1. The van der Waals surface area contributed by atoms with Crippen molar-refractivity contribution in [3.8, 4) is 0 Å². The van der Waals surface area contributed by atoms with Gasteiger partial charge in [-0.2, -0.15) is 5.10 Å². The third-order valence-electron chi connectivity index (χ3n) is 3.00. The Morgan fingerprint density at radius 2 is 2.20 bits per heavy atom. The second kappa shape index (κ2) is 6.14. The average molecular weight is 278 g/mol. The van der Waals surface area contributed by atoms with Gasteiger partial charge in [-0.3, -0.25) is 4.79 Å². The summed E-state index contributed by atoms with van der Waals surface area (Å²) in [5.41, 5.74) is 3.19. The largest absolute Gasteiger partial charge is 0.338 e. The molecule has 0 radical (unpaired) electrons. The molecule has 0 bridgehead atoms. The molecule has 1 aliphatic heterocycles. The number of rotatable bonds is 4. The average Bonchev–Trinajstić information content (AvgIpc) is 2.73. The van der Waals surface area contributed by atoms with Crippen molar-refractivity contribution in [2.45, 2.75) is 13.3 Å². The SMILES string of the molecule is CC1=NNC(=O)[C@H]1CCNC(=O)Nc1ccccc1F. The first kappa shape index (κ1) is 14.0. The summed E-state index contributed by atoms with van der Waals surface area (Å²) in [7, 11) is 0. The third kappa shape index (κ3) is 3.31. The standard InChI is InChI=1S/C13H15FN4O2/c1-8-9(12(19)18-17-8)6-7-15-13(20)16-11-5-3-2-4-10(11)14/h2-5,9H,6-7H2,1H3,(H,18,19)(H2,15,16,20)/t9-/m0/s1. The van der Waals surface area contributed by atoms with Crippen LogP contribution < -0.4 is 16.1 Å². The molecule has 1 heterocycles. The van der Waals surface area contributed by atoms with Crippen LogP contribution in [0, 0.1) is 11.7 Å². The molecule has 106 valence electrons. The van der Waals surface area contributed by atoms with Crippen molar-refractivity contribution in [1.29, 1.82) is 0 Å². The Morgan fingerprint density at radius 3 is 2.85 bits per heavy atom. The van der Waals surface area contributed by atoms with Gasteiger partial charge in [0.25, 0.3) is 0 Å². The molecule has 0 unspecified atom stereocenters. The second-order valence-electron chi connectivity index (χ2n) is 4.43. The highest BCUT2D eigenvalue weighted by Crippen LogP contribution is 2.12. The van der Waals surface area contributed by atoms with Crippen LogP contribution in [0.25, 0.3) is 0 Å². The van der Waals surface area contributed by atoms with Gasteiger partial charge in [0.15, 0.2) is 0 Å². The third-order valence-corrected chi connectivity index (χ3v) is 3.00. The summed E-state index contributed by atoms with van der Waals surface area (Å²) in [6.45, 7) is 2.05. The van der Waals surface area contributed by atoms with Crippen molar-refractivity contribution >= 4 is 23.3 Å². The summed E-state index contributed by atoms with van der Waals surface area (Å²) in [5.74, 6) is -0.983. The zero-order valence-electron chi connectivity index (χ0n) is 10.9. The van der Waals surface area contributed by atoms with E-state index in [1.807, 2.05) is 0 Å². The predicted octanol–water partition coefficient (Wildman–Crippen LogP) is 1.46. The van der Waals surface area contributed by atoms with Crippen LogP contribution in [0.1, 0.15) is 13.3 Å². The summed E-state index contributed by atoms with van der Waals surface area (Å²) >= 11 is 0. The Balaban J connectivity index is 1.77. The van der Waals surface area contributed by atoms with Crippen molar-refractivity contribution in [1.82, 2.24) is 10.7 Å². The first-order valence-corrected chi connectivity index (χ1v) is 6.21. The number of nitrogens with zero attached hydrogens (tertiary/aromatic N) is 1. The summed E-state index contributed by atoms with van der Waals surface area (Å²) in [6.07, 6.45) is 0.450. The molecule has 2 rings (SSSR count). The smallest absolute Gasteiger partial charge is 0.319 e. The molecule has 0 aliphatic carbocycles. The van der Waals surface area contributed by atoms with E-state index in [0.717, 1.165) is 0 Å². The van der Waals surface area contributed by atoms with E-state index in [1.165, 1.54) is 12.1 Å². The molecule has 3 N–H and O–H groups in total. The monoisotopic (exact) mass is 278 g/mol. The molecule has 0 saturated heterocycles. The molecule has 0 aromatic heterocycles. The number of hydrogen-bond donors (Lipinski definition) is 3. The van der Waals surface area contributed by atoms with Crippen LogP contribution in [-0.2, 0) is 4.79 Å². The maximum Gasteiger partial charge on any atom is 0.319 e. The van der Waals surface area contributed by atoms with Gasteiger partial charge in [-0.25, -0.2) is 14.6 Å². The zero-order valence-corrected chi connectivity index (χ0v) is 10.9. The fourth-order valence-corrected chi connectivity index (χ4v) is 1.89. The molecule has 0 spiro atoms. The number of nitrogens with one attached hydrogen (secondary N) is 3. The van der Waals surface area contributed by atoms with E-state index in [-0.39, 0.29) is 17.5 Å². The summed E-state index contributed by atoms with van der Waals surface area (Å²) < 4.78 is 13.3. The van der Waals surface area contributed by atoms with Crippen LogP contribution in [0.15, 0.2) is 29.4 Å². The van der Waals surface area contributed by atoms with Gasteiger partial charge >= 0.3 is 6.03 Å². The van der Waals surface area contributed by atoms with E-state index in [4.69, 9.17) is 0 Å². The van der Waals surface area contributed by atoms with E-state index in [1.54, 1.807) is 19.1 Å². The molecule has 7 heteroatoms. The second-order valence-corrected chi connectivity index (χ2v) is 4.43. The Morgan fingerprint density at radius 1 is 1.45 bits per heavy atom. The first-order chi connectivity index (χ1) is 9.58. The van der Waals surface area contributed by atoms with Crippen LogP contribution in [0.4, 0.5) is 14.9 Å². The summed E-state index contributed by atoms with van der Waals surface area (Å²) in [5, 5.41) is 8.79. The van der Waals surface area contributed by atoms with Crippen LogP contribution in [0.2, 0.25) is 0 Å². The molecule has 3 amide bonds. The normalized spacial score (nSPS) is 17.4. The molecule has 0 fully saturated rings. The fraction of sp³-hybridized carbons (Fsp3) is 0.308. The van der Waals surface area contributed by atoms with Gasteiger partial charge < -0.3 is 10.6 Å². The number of hydrazone groups is 1. The molecule has 20 heavy (non-hydrogen) atoms. The molecule has 1 atom stereocenters. The van der Waals surface area contributed by atoms with Crippen molar-refractivity contribution in [3.63, 3.8) is 0 Å². The lowest BCUT2D eigenvalue weighted by Gasteiger charge is -2.10. The minimum atomic E-state index is -0.511. The van der Waals surface area contributed by atoms with Crippen molar-refractivity contribution < 1.29 is 14.0 Å². The van der Waals surface area contributed by atoms with Gasteiger partial charge in [0.05, 0.1) is 11.6 Å². The number of hydrogen-bond acceptors (Lipinski definition) is 3. The highest BCUT2D eigenvalue weighted by Gasteiger charge is 2.26. The predicted molar refractivity (Wildman–Crippen MR) is 72.8 cm³/mol. The first-order valence-electron chi connectivity index (χ1n) is 6.21. The number of benzene rings is 1. The Kier molecular flexibility index (Phi) is 4.29. The molecule has 0 saturated carbocycles. The van der Waals surface area contributed by atoms with E-state index in [2.05, 4.69) is 21.2 Å². The highest BCUT2D eigenvalue weighted by atomic mass is 19.1. The van der Waals surface area contributed by atoms with Crippen LogP contribution in [0.3, 0.4) is 0 Å². The molecule has 1 aromatic rings. The van der Waals surface area contributed by atoms with E-state index >= 15 is 0 Å². The lowest BCUT2D eigenvalue weighted by molar-refractivity contribution is -0.122. The Labute approximate surface area is 115 Å². The summed E-state index contributed by atoms with van der Waals surface area (Å²) in [4.78, 5) is 23.0. The molecule has 1 aliphatic rings. The summed E-state index contributed by atoms with van der Waals surface area (Å²) in [6, 6.07) is 5.39. The van der Waals surface area contributed by atoms with Crippen molar-refractivity contribution in [2.75, 3.05) is 11.9 Å². The van der Waals surface area contributed by atoms with Crippen LogP contribution in [-0.4, -0.2) is 24.2 Å². The van der Waals surface area contributed by atoms with Gasteiger partial charge in [0, 0.05) is 12.3 Å². The van der Waals surface area contributed by atoms with Gasteiger partial charge in [-0.05, 0) is 25.5 Å². The highest BCUT2D eigenvalue weighted by molar-refractivity contribution is 6.06. The number of halogens is 1. The topological polar surface area (TPSA) is 82.6 Å². The lowest BCUT2D eigenvalue weighted by atomic mass is 10.0. The van der Waals surface area contributed by atoms with Gasteiger partial charge in [-0.1, -0.05) is 12.1 Å². The maximum absolute atomic E-state index is 13.3. The van der Waals surface area contributed by atoms with E-state index in [9.17, 15) is 14.0 Å². The molecular weight excluding hydrogens is 263 g/mol. The van der Waals surface area contributed by atoms with Crippen LogP contribution >= 0.6 is 0 Å². The molecule has 6 nitrogen and oxygen atoms in total. The minimum Gasteiger partial charge on any atom is -0.338 e. The number of amides is 3. The van der Waals surface area contributed by atoms with Crippen molar-refractivity contribution in [2.24, 2.45) is 11.0 Å². The minimum absolute atomic E-state index is 0.112. The Bertz CT molecular complexity index is 559. The molecular formula is C13H15FN4O2.